The van der Waals surface area contributed by atoms with Crippen LogP contribution in [0.1, 0.15) is 18.1 Å². The van der Waals surface area contributed by atoms with Gasteiger partial charge >= 0.3 is 6.03 Å². The molecule has 0 bridgehead atoms. The number of amides is 3. The molecule has 1 heterocycles. The molecule has 0 saturated carbocycles. The van der Waals surface area contributed by atoms with E-state index < -0.39 is 6.03 Å². The van der Waals surface area contributed by atoms with Gasteiger partial charge in [-0.1, -0.05) is 42.5 Å². The van der Waals surface area contributed by atoms with E-state index in [2.05, 4.69) is 39.4 Å². The number of imide groups is 1. The lowest BCUT2D eigenvalue weighted by molar-refractivity contribution is -0.121. The largest absolute Gasteiger partial charge is 0.490 e. The van der Waals surface area contributed by atoms with E-state index in [1.807, 2.05) is 37.3 Å². The highest BCUT2D eigenvalue weighted by atomic mass is 79.9. The molecule has 0 aliphatic carbocycles. The van der Waals surface area contributed by atoms with Gasteiger partial charge < -0.3 is 14.8 Å². The minimum atomic E-state index is -0.449. The van der Waals surface area contributed by atoms with E-state index >= 15 is 0 Å². The van der Waals surface area contributed by atoms with E-state index in [0.717, 1.165) is 21.2 Å². The number of fused-ring (bicyclic) bond motifs is 1. The van der Waals surface area contributed by atoms with Crippen LogP contribution in [-0.2, 0) is 11.4 Å². The smallest absolute Gasteiger partial charge is 0.328 e. The van der Waals surface area contributed by atoms with Crippen molar-refractivity contribution in [3.63, 3.8) is 0 Å². The average Bonchev–Trinajstić information content (AvgIpc) is 3.00. The Kier molecular flexibility index (Phi) is 5.95. The predicted octanol–water partition coefficient (Wildman–Crippen LogP) is 5.10. The summed E-state index contributed by atoms with van der Waals surface area (Å²) < 4.78 is 12.6. The van der Waals surface area contributed by atoms with Crippen molar-refractivity contribution in [2.24, 2.45) is 0 Å². The van der Waals surface area contributed by atoms with Gasteiger partial charge in [-0.15, -0.1) is 0 Å². The molecule has 7 heteroatoms. The molecule has 3 aromatic carbocycles. The third kappa shape index (κ3) is 4.27. The third-order valence-corrected chi connectivity index (χ3v) is 5.56. The average molecular weight is 481 g/mol. The fraction of sp³-hybridized carbons (Fsp3) is 0.167. The highest BCUT2D eigenvalue weighted by Crippen LogP contribution is 2.38. The molecule has 1 saturated heterocycles. The van der Waals surface area contributed by atoms with Crippen molar-refractivity contribution in [1.82, 2.24) is 10.2 Å². The summed E-state index contributed by atoms with van der Waals surface area (Å²) in [7, 11) is 1.43. The second kappa shape index (κ2) is 8.81. The Bertz CT molecular complexity index is 1200. The molecule has 1 fully saturated rings. The van der Waals surface area contributed by atoms with Crippen LogP contribution in [0.5, 0.6) is 11.5 Å². The minimum Gasteiger partial charge on any atom is -0.490 e. The quantitative estimate of drug-likeness (QED) is 0.393. The highest BCUT2D eigenvalue weighted by Gasteiger charge is 2.30. The number of rotatable bonds is 6. The van der Waals surface area contributed by atoms with Crippen molar-refractivity contribution in [2.75, 3.05) is 13.7 Å². The van der Waals surface area contributed by atoms with E-state index in [9.17, 15) is 9.59 Å². The van der Waals surface area contributed by atoms with Crippen LogP contribution in [0, 0.1) is 0 Å². The number of likely N-dealkylation sites (N-methyl/N-ethyl adjacent to an activating group) is 1. The number of benzene rings is 3. The first-order chi connectivity index (χ1) is 15.0. The maximum absolute atomic E-state index is 12.2. The lowest BCUT2D eigenvalue weighted by atomic mass is 10.1. The Labute approximate surface area is 188 Å². The van der Waals surface area contributed by atoms with Gasteiger partial charge in [-0.05, 0) is 63.0 Å². The lowest BCUT2D eigenvalue weighted by Gasteiger charge is -2.16. The second-order valence-electron chi connectivity index (χ2n) is 7.04. The zero-order chi connectivity index (χ0) is 22.0. The summed E-state index contributed by atoms with van der Waals surface area (Å²) in [6.07, 6.45) is 1.62. The number of nitrogens with one attached hydrogen (secondary N) is 1. The van der Waals surface area contributed by atoms with Crippen molar-refractivity contribution in [2.45, 2.75) is 13.5 Å². The Morgan fingerprint density at radius 3 is 2.58 bits per heavy atom. The molecule has 0 unspecified atom stereocenters. The Hall–Kier alpha value is -3.32. The standard InChI is InChI=1S/C24H21BrN2O4/c1-3-30-21-13-15(12-20-23(28)27(2)24(29)26-20)11-19(25)22(21)31-14-17-9-6-8-16-7-4-5-10-18(16)17/h4-13H,3,14H2,1-2H3,(H,26,29)/b20-12+. The number of hydrogen-bond acceptors (Lipinski definition) is 4. The minimum absolute atomic E-state index is 0.214. The molecular weight excluding hydrogens is 460 g/mol. The summed E-state index contributed by atoms with van der Waals surface area (Å²) >= 11 is 3.56. The van der Waals surface area contributed by atoms with E-state index in [1.54, 1.807) is 12.1 Å². The zero-order valence-electron chi connectivity index (χ0n) is 17.1. The molecule has 3 aromatic rings. The number of nitrogens with zero attached hydrogens (tertiary/aromatic N) is 1. The Morgan fingerprint density at radius 2 is 1.84 bits per heavy atom. The van der Waals surface area contributed by atoms with Crippen molar-refractivity contribution >= 4 is 44.7 Å². The number of urea groups is 1. The van der Waals surface area contributed by atoms with Crippen LogP contribution in [0.2, 0.25) is 0 Å². The summed E-state index contributed by atoms with van der Waals surface area (Å²) in [6.45, 7) is 2.72. The van der Waals surface area contributed by atoms with Crippen molar-refractivity contribution in [3.05, 3.63) is 75.9 Å². The van der Waals surface area contributed by atoms with Crippen LogP contribution in [-0.4, -0.2) is 30.5 Å². The first-order valence-electron chi connectivity index (χ1n) is 9.84. The summed E-state index contributed by atoms with van der Waals surface area (Å²) in [5, 5.41) is 4.86. The molecule has 1 N–H and O–H groups in total. The van der Waals surface area contributed by atoms with Gasteiger partial charge in [0.2, 0.25) is 0 Å². The number of carbonyl (C=O) groups is 2. The molecule has 0 aromatic heterocycles. The lowest BCUT2D eigenvalue weighted by Crippen LogP contribution is -2.25. The maximum atomic E-state index is 12.2. The molecule has 158 valence electrons. The van der Waals surface area contributed by atoms with E-state index in [1.165, 1.54) is 7.05 Å². The second-order valence-corrected chi connectivity index (χ2v) is 7.90. The zero-order valence-corrected chi connectivity index (χ0v) is 18.7. The molecule has 0 spiro atoms. The highest BCUT2D eigenvalue weighted by molar-refractivity contribution is 9.10. The van der Waals surface area contributed by atoms with Gasteiger partial charge in [-0.25, -0.2) is 4.79 Å². The van der Waals surface area contributed by atoms with E-state index in [-0.39, 0.29) is 11.6 Å². The van der Waals surface area contributed by atoms with Crippen molar-refractivity contribution in [1.29, 1.82) is 0 Å². The molecule has 1 aliphatic rings. The van der Waals surface area contributed by atoms with Gasteiger partial charge in [0.15, 0.2) is 11.5 Å². The maximum Gasteiger partial charge on any atom is 0.328 e. The molecule has 0 radical (unpaired) electrons. The van der Waals surface area contributed by atoms with Crippen LogP contribution in [0.25, 0.3) is 16.8 Å². The Balaban J connectivity index is 1.64. The van der Waals surface area contributed by atoms with Gasteiger partial charge in [-0.3, -0.25) is 9.69 Å². The third-order valence-electron chi connectivity index (χ3n) is 4.98. The van der Waals surface area contributed by atoms with Crippen LogP contribution >= 0.6 is 15.9 Å². The molecule has 6 nitrogen and oxygen atoms in total. The van der Waals surface area contributed by atoms with E-state index in [4.69, 9.17) is 9.47 Å². The van der Waals surface area contributed by atoms with Gasteiger partial charge in [0, 0.05) is 7.05 Å². The first kappa shape index (κ1) is 20.9. The number of halogens is 1. The molecule has 0 atom stereocenters. The molecule has 4 rings (SSSR count). The van der Waals surface area contributed by atoms with Crippen LogP contribution in [0.15, 0.2) is 64.8 Å². The normalized spacial score (nSPS) is 14.9. The molecule has 1 aliphatic heterocycles. The van der Waals surface area contributed by atoms with Gasteiger partial charge in [0.05, 0.1) is 11.1 Å². The van der Waals surface area contributed by atoms with Crippen LogP contribution in [0.3, 0.4) is 0 Å². The molecular formula is C24H21BrN2O4. The number of ether oxygens (including phenoxy) is 2. The van der Waals surface area contributed by atoms with Crippen molar-refractivity contribution < 1.29 is 19.1 Å². The topological polar surface area (TPSA) is 67.9 Å². The monoisotopic (exact) mass is 480 g/mol. The summed E-state index contributed by atoms with van der Waals surface area (Å²) in [5.74, 6) is 0.750. The molecule has 3 amide bonds. The summed E-state index contributed by atoms with van der Waals surface area (Å²) in [6, 6.07) is 17.5. The van der Waals surface area contributed by atoms with Gasteiger partial charge in [0.1, 0.15) is 12.3 Å². The number of hydrogen-bond donors (Lipinski definition) is 1. The SMILES string of the molecule is CCOc1cc(/C=C2/NC(=O)N(C)C2=O)cc(Br)c1OCc1cccc2ccccc12. The number of carbonyl (C=O) groups excluding carboxylic acids is 2. The fourth-order valence-electron chi connectivity index (χ4n) is 3.43. The Morgan fingerprint density at radius 1 is 1.06 bits per heavy atom. The molecule has 31 heavy (non-hydrogen) atoms. The first-order valence-corrected chi connectivity index (χ1v) is 10.6. The van der Waals surface area contributed by atoms with E-state index in [0.29, 0.717) is 34.7 Å². The van der Waals surface area contributed by atoms with Gasteiger partial charge in [-0.2, -0.15) is 0 Å². The predicted molar refractivity (Wildman–Crippen MR) is 123 cm³/mol. The van der Waals surface area contributed by atoms with Crippen LogP contribution in [0.4, 0.5) is 4.79 Å². The summed E-state index contributed by atoms with van der Waals surface area (Å²) in [4.78, 5) is 24.9. The van der Waals surface area contributed by atoms with Crippen molar-refractivity contribution in [3.8, 4) is 11.5 Å². The van der Waals surface area contributed by atoms with Gasteiger partial charge in [0.25, 0.3) is 5.91 Å². The summed E-state index contributed by atoms with van der Waals surface area (Å²) in [5.41, 5.74) is 1.99. The van der Waals surface area contributed by atoms with Crippen LogP contribution < -0.4 is 14.8 Å². The fourth-order valence-corrected chi connectivity index (χ4v) is 4.01.